The van der Waals surface area contributed by atoms with Crippen LogP contribution in [0.15, 0.2) is 28.9 Å². The zero-order chi connectivity index (χ0) is 18.4. The van der Waals surface area contributed by atoms with E-state index in [1.54, 1.807) is 12.1 Å². The molecule has 2 N–H and O–H groups in total. The second-order valence-electron chi connectivity index (χ2n) is 6.75. The van der Waals surface area contributed by atoms with Crippen molar-refractivity contribution in [2.24, 2.45) is 5.92 Å². The summed E-state index contributed by atoms with van der Waals surface area (Å²) in [5.74, 6) is 0.525. The van der Waals surface area contributed by atoms with Crippen LogP contribution in [0.4, 0.5) is 5.00 Å². The first kappa shape index (κ1) is 19.2. The normalized spacial score (nSPS) is 12.2. The van der Waals surface area contributed by atoms with Gasteiger partial charge in [0.1, 0.15) is 0 Å². The Balaban J connectivity index is 1.92. The van der Waals surface area contributed by atoms with E-state index in [9.17, 15) is 9.59 Å². The molecule has 136 valence electrons. The number of aryl methyl sites for hydroxylation is 1. The summed E-state index contributed by atoms with van der Waals surface area (Å²) < 4.78 is 5.07. The maximum atomic E-state index is 12.5. The lowest BCUT2D eigenvalue weighted by Crippen LogP contribution is -2.32. The third kappa shape index (κ3) is 5.74. The van der Waals surface area contributed by atoms with Crippen LogP contribution < -0.4 is 10.6 Å². The summed E-state index contributed by atoms with van der Waals surface area (Å²) in [6, 6.07) is 5.20. The number of rotatable bonds is 8. The molecule has 0 aliphatic rings. The summed E-state index contributed by atoms with van der Waals surface area (Å²) in [6.07, 6.45) is 4.69. The molecule has 0 aliphatic carbocycles. The molecule has 0 aromatic carbocycles. The van der Waals surface area contributed by atoms with Crippen LogP contribution in [0.3, 0.4) is 0 Å². The van der Waals surface area contributed by atoms with E-state index in [0.717, 1.165) is 18.4 Å². The van der Waals surface area contributed by atoms with Crippen molar-refractivity contribution in [2.75, 3.05) is 5.32 Å². The number of carbonyl (C=O) groups excluding carboxylic acids is 2. The molecular formula is C19H26N2O3S. The fourth-order valence-electron chi connectivity index (χ4n) is 2.54. The molecule has 25 heavy (non-hydrogen) atoms. The molecule has 2 amide bonds. The lowest BCUT2D eigenvalue weighted by atomic mass is 10.0. The highest BCUT2D eigenvalue weighted by molar-refractivity contribution is 7.18. The number of amides is 2. The van der Waals surface area contributed by atoms with Crippen molar-refractivity contribution >= 4 is 28.2 Å². The molecule has 0 fully saturated rings. The van der Waals surface area contributed by atoms with E-state index in [4.69, 9.17) is 4.42 Å². The monoisotopic (exact) mass is 362 g/mol. The van der Waals surface area contributed by atoms with E-state index in [2.05, 4.69) is 24.5 Å². The first-order valence-corrected chi connectivity index (χ1v) is 9.44. The quantitative estimate of drug-likeness (QED) is 0.705. The fraction of sp³-hybridized carbons (Fsp3) is 0.474. The van der Waals surface area contributed by atoms with E-state index in [1.807, 2.05) is 19.9 Å². The number of carbonyl (C=O) groups is 2. The number of hydrogen-bond donors (Lipinski definition) is 2. The molecule has 0 saturated carbocycles. The number of furan rings is 1. The van der Waals surface area contributed by atoms with Gasteiger partial charge in [0.05, 0.1) is 16.1 Å². The molecule has 2 heterocycles. The molecule has 0 spiro atoms. The molecule has 1 unspecified atom stereocenters. The van der Waals surface area contributed by atoms with Crippen LogP contribution >= 0.6 is 11.3 Å². The Kier molecular flexibility index (Phi) is 6.82. The highest BCUT2D eigenvalue weighted by Crippen LogP contribution is 2.27. The molecule has 6 heteroatoms. The van der Waals surface area contributed by atoms with Crippen molar-refractivity contribution in [3.05, 3.63) is 40.7 Å². The predicted octanol–water partition coefficient (Wildman–Crippen LogP) is 4.85. The van der Waals surface area contributed by atoms with Gasteiger partial charge in [-0.3, -0.25) is 9.59 Å². The molecule has 2 rings (SSSR count). The largest absolute Gasteiger partial charge is 0.459 e. The lowest BCUT2D eigenvalue weighted by Gasteiger charge is -2.14. The van der Waals surface area contributed by atoms with Crippen molar-refractivity contribution in [1.82, 2.24) is 5.32 Å². The second kappa shape index (κ2) is 8.85. The van der Waals surface area contributed by atoms with Gasteiger partial charge in [0.25, 0.3) is 11.8 Å². The third-order valence-electron chi connectivity index (χ3n) is 3.90. The van der Waals surface area contributed by atoms with Gasteiger partial charge in [0.15, 0.2) is 5.76 Å². The molecule has 5 nitrogen and oxygen atoms in total. The minimum Gasteiger partial charge on any atom is -0.459 e. The Hall–Kier alpha value is -2.08. The molecular weight excluding hydrogens is 336 g/mol. The topological polar surface area (TPSA) is 71.3 Å². The molecule has 2 aromatic rings. The van der Waals surface area contributed by atoms with Crippen LogP contribution in [-0.4, -0.2) is 17.9 Å². The summed E-state index contributed by atoms with van der Waals surface area (Å²) >= 11 is 1.28. The second-order valence-corrected chi connectivity index (χ2v) is 7.81. The first-order valence-electron chi connectivity index (χ1n) is 8.63. The van der Waals surface area contributed by atoms with Crippen LogP contribution in [0, 0.1) is 12.8 Å². The van der Waals surface area contributed by atoms with Gasteiger partial charge in [-0.15, -0.1) is 11.3 Å². The zero-order valence-electron chi connectivity index (χ0n) is 15.2. The molecule has 2 aromatic heterocycles. The van der Waals surface area contributed by atoms with Gasteiger partial charge in [-0.05, 0) is 49.9 Å². The minimum atomic E-state index is -0.319. The third-order valence-corrected chi connectivity index (χ3v) is 5.05. The minimum absolute atomic E-state index is 0.0851. The van der Waals surface area contributed by atoms with Gasteiger partial charge >= 0.3 is 0 Å². The standard InChI is InChI=1S/C19H26N2O3S/c1-12(2)7-5-8-14(4)20-19(23)17-13(3)11-16(25-17)21-18(22)15-9-6-10-24-15/h6,9-12,14H,5,7-8H2,1-4H3,(H,20,23)(H,21,22). The predicted molar refractivity (Wildman–Crippen MR) is 101 cm³/mol. The van der Waals surface area contributed by atoms with E-state index >= 15 is 0 Å². The molecule has 0 saturated heterocycles. The number of nitrogens with one attached hydrogen (secondary N) is 2. The number of thiophene rings is 1. The van der Waals surface area contributed by atoms with Gasteiger partial charge in [-0.2, -0.15) is 0 Å². The summed E-state index contributed by atoms with van der Waals surface area (Å²) in [6.45, 7) is 8.31. The van der Waals surface area contributed by atoms with E-state index in [0.29, 0.717) is 15.8 Å². The van der Waals surface area contributed by atoms with Crippen LogP contribution in [-0.2, 0) is 0 Å². The maximum absolute atomic E-state index is 12.5. The molecule has 1 atom stereocenters. The smallest absolute Gasteiger partial charge is 0.291 e. The fourth-order valence-corrected chi connectivity index (χ4v) is 3.52. The number of hydrogen-bond acceptors (Lipinski definition) is 4. The highest BCUT2D eigenvalue weighted by atomic mass is 32.1. The highest BCUT2D eigenvalue weighted by Gasteiger charge is 2.17. The van der Waals surface area contributed by atoms with Crippen LogP contribution in [0.5, 0.6) is 0 Å². The van der Waals surface area contributed by atoms with Crippen LogP contribution in [0.25, 0.3) is 0 Å². The average Bonchev–Trinajstić information content (AvgIpc) is 3.16. The van der Waals surface area contributed by atoms with Gasteiger partial charge in [0.2, 0.25) is 0 Å². The van der Waals surface area contributed by atoms with Crippen molar-refractivity contribution < 1.29 is 14.0 Å². The Morgan fingerprint density at radius 1 is 1.20 bits per heavy atom. The van der Waals surface area contributed by atoms with Crippen LogP contribution in [0.2, 0.25) is 0 Å². The summed E-state index contributed by atoms with van der Waals surface area (Å²) in [5.41, 5.74) is 0.853. The van der Waals surface area contributed by atoms with Crippen molar-refractivity contribution in [3.8, 4) is 0 Å². The van der Waals surface area contributed by atoms with E-state index < -0.39 is 0 Å². The Labute approximate surface area is 152 Å². The maximum Gasteiger partial charge on any atom is 0.291 e. The van der Waals surface area contributed by atoms with Gasteiger partial charge < -0.3 is 15.1 Å². The van der Waals surface area contributed by atoms with Gasteiger partial charge in [-0.25, -0.2) is 0 Å². The summed E-state index contributed by atoms with van der Waals surface area (Å²) in [7, 11) is 0. The SMILES string of the molecule is Cc1cc(NC(=O)c2ccco2)sc1C(=O)NC(C)CCCC(C)C. The molecule has 0 aliphatic heterocycles. The summed E-state index contributed by atoms with van der Waals surface area (Å²) in [5, 5.41) is 6.45. The van der Waals surface area contributed by atoms with Gasteiger partial charge in [-0.1, -0.05) is 26.7 Å². The van der Waals surface area contributed by atoms with E-state index in [1.165, 1.54) is 24.0 Å². The van der Waals surface area contributed by atoms with Crippen molar-refractivity contribution in [1.29, 1.82) is 0 Å². The summed E-state index contributed by atoms with van der Waals surface area (Å²) in [4.78, 5) is 25.1. The molecule has 0 radical (unpaired) electrons. The zero-order valence-corrected chi connectivity index (χ0v) is 16.0. The Morgan fingerprint density at radius 3 is 2.60 bits per heavy atom. The van der Waals surface area contributed by atoms with Crippen LogP contribution in [0.1, 0.15) is 65.8 Å². The lowest BCUT2D eigenvalue weighted by molar-refractivity contribution is 0.0940. The molecule has 0 bridgehead atoms. The Morgan fingerprint density at radius 2 is 1.96 bits per heavy atom. The number of anilines is 1. The van der Waals surface area contributed by atoms with Gasteiger partial charge in [0, 0.05) is 6.04 Å². The van der Waals surface area contributed by atoms with Crippen molar-refractivity contribution in [3.63, 3.8) is 0 Å². The van der Waals surface area contributed by atoms with E-state index in [-0.39, 0.29) is 23.6 Å². The Bertz CT molecular complexity index is 704. The van der Waals surface area contributed by atoms with Crippen molar-refractivity contribution in [2.45, 2.75) is 53.0 Å². The average molecular weight is 362 g/mol. The first-order chi connectivity index (χ1) is 11.9.